The Balaban J connectivity index is 2.31. The van der Waals surface area contributed by atoms with Gasteiger partial charge in [0.15, 0.2) is 0 Å². The average molecular weight is 235 g/mol. The maximum atomic E-state index is 10.9. The van der Waals surface area contributed by atoms with Crippen LogP contribution in [0, 0.1) is 0 Å². The Labute approximate surface area is 100 Å². The van der Waals surface area contributed by atoms with Crippen LogP contribution in [0.2, 0.25) is 0 Å². The molecule has 0 spiro atoms. The molecule has 1 aliphatic rings. The molecule has 1 aliphatic heterocycles. The largest absolute Gasteiger partial charge is 0.478 e. The van der Waals surface area contributed by atoms with Crippen LogP contribution in [0.25, 0.3) is 0 Å². The standard InChI is InChI=1S/C13H17NO3/c1-8(9(2)15)14-6-5-10-7-11(13(16)17)3-4-12(10)14/h3-4,7-9,15H,5-6H2,1-2H3,(H,16,17). The number of hydrogen-bond donors (Lipinski definition) is 2. The second-order valence-electron chi connectivity index (χ2n) is 4.57. The summed E-state index contributed by atoms with van der Waals surface area (Å²) < 4.78 is 0. The summed E-state index contributed by atoms with van der Waals surface area (Å²) in [5.41, 5.74) is 2.43. The molecule has 1 aromatic rings. The molecule has 0 aliphatic carbocycles. The Hall–Kier alpha value is -1.55. The molecular weight excluding hydrogens is 218 g/mol. The first kappa shape index (κ1) is 11.9. The second-order valence-corrected chi connectivity index (χ2v) is 4.57. The normalized spacial score (nSPS) is 17.7. The van der Waals surface area contributed by atoms with E-state index in [9.17, 15) is 9.90 Å². The fraction of sp³-hybridized carbons (Fsp3) is 0.462. The van der Waals surface area contributed by atoms with Crippen LogP contribution in [0.5, 0.6) is 0 Å². The monoisotopic (exact) mass is 235 g/mol. The molecular formula is C13H17NO3. The van der Waals surface area contributed by atoms with Gasteiger partial charge in [-0.05, 0) is 44.0 Å². The van der Waals surface area contributed by atoms with Gasteiger partial charge in [0.05, 0.1) is 17.7 Å². The van der Waals surface area contributed by atoms with Crippen LogP contribution in [-0.4, -0.2) is 34.9 Å². The summed E-state index contributed by atoms with van der Waals surface area (Å²) in [4.78, 5) is 13.0. The highest BCUT2D eigenvalue weighted by Crippen LogP contribution is 2.31. The topological polar surface area (TPSA) is 60.8 Å². The fourth-order valence-electron chi connectivity index (χ4n) is 2.24. The lowest BCUT2D eigenvalue weighted by molar-refractivity contribution is 0.0697. The SMILES string of the molecule is CC(O)C(C)N1CCc2cc(C(=O)O)ccc21. The summed E-state index contributed by atoms with van der Waals surface area (Å²) in [6.45, 7) is 4.59. The minimum atomic E-state index is -0.894. The first-order chi connectivity index (χ1) is 8.00. The van der Waals surface area contributed by atoms with E-state index in [1.165, 1.54) is 0 Å². The molecule has 4 nitrogen and oxygen atoms in total. The number of rotatable bonds is 3. The number of anilines is 1. The summed E-state index contributed by atoms with van der Waals surface area (Å²) in [6, 6.07) is 5.23. The number of aliphatic hydroxyl groups excluding tert-OH is 1. The number of carboxylic acids is 1. The van der Waals surface area contributed by atoms with Gasteiger partial charge in [0, 0.05) is 12.2 Å². The zero-order valence-corrected chi connectivity index (χ0v) is 10.1. The molecule has 2 unspecified atom stereocenters. The first-order valence-corrected chi connectivity index (χ1v) is 5.81. The molecule has 2 N–H and O–H groups in total. The first-order valence-electron chi connectivity index (χ1n) is 5.81. The van der Waals surface area contributed by atoms with Crippen molar-refractivity contribution in [1.82, 2.24) is 0 Å². The summed E-state index contributed by atoms with van der Waals surface area (Å²) >= 11 is 0. The summed E-state index contributed by atoms with van der Waals surface area (Å²) in [7, 11) is 0. The molecule has 2 rings (SSSR count). The van der Waals surface area contributed by atoms with Crippen LogP contribution in [0.15, 0.2) is 18.2 Å². The number of carbonyl (C=O) groups is 1. The van der Waals surface area contributed by atoms with Gasteiger partial charge in [0.2, 0.25) is 0 Å². The van der Waals surface area contributed by atoms with Gasteiger partial charge in [-0.25, -0.2) is 4.79 Å². The minimum Gasteiger partial charge on any atom is -0.478 e. The van der Waals surface area contributed by atoms with Gasteiger partial charge in [-0.1, -0.05) is 0 Å². The van der Waals surface area contributed by atoms with Crippen LogP contribution < -0.4 is 4.90 Å². The summed E-state index contributed by atoms with van der Waals surface area (Å²) in [5, 5.41) is 18.5. The van der Waals surface area contributed by atoms with Crippen molar-refractivity contribution in [1.29, 1.82) is 0 Å². The lowest BCUT2D eigenvalue weighted by Crippen LogP contribution is -2.39. The number of carboxylic acid groups (broad SMARTS) is 1. The predicted molar refractivity (Wildman–Crippen MR) is 65.6 cm³/mol. The highest BCUT2D eigenvalue weighted by molar-refractivity contribution is 5.88. The Kier molecular flexibility index (Phi) is 3.07. The number of fused-ring (bicyclic) bond motifs is 1. The maximum absolute atomic E-state index is 10.9. The molecule has 4 heteroatoms. The van der Waals surface area contributed by atoms with Crippen molar-refractivity contribution in [2.45, 2.75) is 32.4 Å². The number of aliphatic hydroxyl groups is 1. The van der Waals surface area contributed by atoms with Gasteiger partial charge in [-0.15, -0.1) is 0 Å². The highest BCUT2D eigenvalue weighted by atomic mass is 16.4. The zero-order chi connectivity index (χ0) is 12.6. The van der Waals surface area contributed by atoms with Gasteiger partial charge in [-0.2, -0.15) is 0 Å². The van der Waals surface area contributed by atoms with Crippen molar-refractivity contribution >= 4 is 11.7 Å². The molecule has 17 heavy (non-hydrogen) atoms. The van der Waals surface area contributed by atoms with Gasteiger partial charge in [0.1, 0.15) is 0 Å². The van der Waals surface area contributed by atoms with E-state index >= 15 is 0 Å². The second kappa shape index (κ2) is 4.37. The molecule has 92 valence electrons. The molecule has 0 fully saturated rings. The summed E-state index contributed by atoms with van der Waals surface area (Å²) in [5.74, 6) is -0.894. The van der Waals surface area contributed by atoms with Gasteiger partial charge in [-0.3, -0.25) is 0 Å². The van der Waals surface area contributed by atoms with E-state index in [1.807, 2.05) is 13.0 Å². The van der Waals surface area contributed by atoms with E-state index in [-0.39, 0.29) is 6.04 Å². The highest BCUT2D eigenvalue weighted by Gasteiger charge is 2.26. The Bertz CT molecular complexity index is 442. The molecule has 1 heterocycles. The molecule has 0 bridgehead atoms. The molecule has 1 aromatic carbocycles. The van der Waals surface area contributed by atoms with Crippen molar-refractivity contribution in [2.24, 2.45) is 0 Å². The summed E-state index contributed by atoms with van der Waals surface area (Å²) in [6.07, 6.45) is 0.438. The number of aromatic carboxylic acids is 1. The van der Waals surface area contributed by atoms with Crippen LogP contribution in [-0.2, 0) is 6.42 Å². The smallest absolute Gasteiger partial charge is 0.335 e. The lowest BCUT2D eigenvalue weighted by Gasteiger charge is -2.29. The van der Waals surface area contributed by atoms with Crippen LogP contribution in [0.3, 0.4) is 0 Å². The van der Waals surface area contributed by atoms with Crippen LogP contribution >= 0.6 is 0 Å². The van der Waals surface area contributed by atoms with E-state index in [0.717, 1.165) is 24.2 Å². The third kappa shape index (κ3) is 2.13. The van der Waals surface area contributed by atoms with Crippen LogP contribution in [0.4, 0.5) is 5.69 Å². The number of nitrogens with zero attached hydrogens (tertiary/aromatic N) is 1. The van der Waals surface area contributed by atoms with Gasteiger partial charge < -0.3 is 15.1 Å². The fourth-order valence-corrected chi connectivity index (χ4v) is 2.24. The Morgan fingerprint density at radius 1 is 1.41 bits per heavy atom. The third-order valence-electron chi connectivity index (χ3n) is 3.45. The molecule has 0 saturated heterocycles. The van der Waals surface area contributed by atoms with Crippen molar-refractivity contribution in [3.8, 4) is 0 Å². The van der Waals surface area contributed by atoms with E-state index < -0.39 is 12.1 Å². The molecule has 0 saturated carbocycles. The van der Waals surface area contributed by atoms with Gasteiger partial charge >= 0.3 is 5.97 Å². The third-order valence-corrected chi connectivity index (χ3v) is 3.45. The quantitative estimate of drug-likeness (QED) is 0.833. The lowest BCUT2D eigenvalue weighted by atomic mass is 10.1. The van der Waals surface area contributed by atoms with Crippen molar-refractivity contribution in [3.05, 3.63) is 29.3 Å². The Morgan fingerprint density at radius 2 is 2.12 bits per heavy atom. The molecule has 2 atom stereocenters. The van der Waals surface area contributed by atoms with E-state index in [1.54, 1.807) is 19.1 Å². The Morgan fingerprint density at radius 3 is 2.71 bits per heavy atom. The van der Waals surface area contributed by atoms with Crippen molar-refractivity contribution in [3.63, 3.8) is 0 Å². The van der Waals surface area contributed by atoms with Crippen LogP contribution in [0.1, 0.15) is 29.8 Å². The van der Waals surface area contributed by atoms with E-state index in [4.69, 9.17) is 5.11 Å². The van der Waals surface area contributed by atoms with Crippen molar-refractivity contribution in [2.75, 3.05) is 11.4 Å². The molecule has 0 aromatic heterocycles. The van der Waals surface area contributed by atoms with E-state index in [0.29, 0.717) is 5.56 Å². The van der Waals surface area contributed by atoms with E-state index in [2.05, 4.69) is 4.90 Å². The van der Waals surface area contributed by atoms with Gasteiger partial charge in [0.25, 0.3) is 0 Å². The molecule has 0 radical (unpaired) electrons. The molecule has 0 amide bonds. The minimum absolute atomic E-state index is 0.0481. The number of hydrogen-bond acceptors (Lipinski definition) is 3. The average Bonchev–Trinajstić information content (AvgIpc) is 2.70. The van der Waals surface area contributed by atoms with Crippen molar-refractivity contribution < 1.29 is 15.0 Å². The predicted octanol–water partition coefficient (Wildman–Crippen LogP) is 1.52. The maximum Gasteiger partial charge on any atom is 0.335 e. The number of benzene rings is 1. The zero-order valence-electron chi connectivity index (χ0n) is 10.1.